The molecule has 0 spiro atoms. The number of carbonyl (C=O) groups is 1. The SMILES string of the molecule is CON[C@H](C[C@@H](CCCN)c1nc2ccc3cc(-c4ccc5c6c(ccc5c4)N(C)C([C@@H]4CCCN4C(=O)[C@@H](NO)C(C)C)N6)ncc3c2[nH]1)C(C)C. The molecule has 4 heterocycles. The largest absolute Gasteiger partial charge is 0.361 e. The Labute approximate surface area is 311 Å². The molecule has 0 aliphatic carbocycles. The summed E-state index contributed by atoms with van der Waals surface area (Å²) in [5.74, 6) is 1.52. The average Bonchev–Trinajstić information content (AvgIpc) is 3.90. The Morgan fingerprint density at radius 2 is 1.87 bits per heavy atom. The number of hydrogen-bond acceptors (Lipinski definition) is 10. The Morgan fingerprint density at radius 1 is 1.08 bits per heavy atom. The fraction of sp³-hybridized carbons (Fsp3) is 0.488. The van der Waals surface area contributed by atoms with E-state index in [-0.39, 0.29) is 36.0 Å². The Bertz CT molecular complexity index is 2080. The lowest BCUT2D eigenvalue weighted by Gasteiger charge is -2.36. The summed E-state index contributed by atoms with van der Waals surface area (Å²) in [6.45, 7) is 9.63. The van der Waals surface area contributed by atoms with Crippen molar-refractivity contribution in [1.29, 1.82) is 0 Å². The summed E-state index contributed by atoms with van der Waals surface area (Å²) in [6.07, 6.45) is 6.50. The van der Waals surface area contributed by atoms with Crippen LogP contribution in [0.2, 0.25) is 0 Å². The number of amides is 1. The molecule has 2 aliphatic heterocycles. The standard InChI is InChI=1S/C41H55N9O3/c1-23(2)32(48-53-6)21-28(9-7-17-42)39-44-31-15-12-26-20-33(43-22-30(26)37(31)45-39)27-11-14-29-25(19-27)13-16-34-38(29)46-40(49(34)5)35-10-8-18-50(35)41(51)36(47-52)24(3)4/h11-16,19-20,22-24,28,32,35-36,40,46-48,52H,7-10,17-18,21,42H2,1-6H3,(H,44,45)/t28-,32-,35+,36+,40?/m1/s1. The summed E-state index contributed by atoms with van der Waals surface area (Å²) >= 11 is 0. The van der Waals surface area contributed by atoms with E-state index in [2.05, 4.69) is 95.6 Å². The minimum absolute atomic E-state index is 0.00973. The molecule has 1 saturated heterocycles. The zero-order valence-electron chi connectivity index (χ0n) is 31.8. The lowest BCUT2D eigenvalue weighted by molar-refractivity contribution is -0.138. The molecule has 1 fully saturated rings. The highest BCUT2D eigenvalue weighted by Gasteiger charge is 2.42. The van der Waals surface area contributed by atoms with Crippen LogP contribution in [0.4, 0.5) is 11.4 Å². The van der Waals surface area contributed by atoms with Crippen LogP contribution in [0.1, 0.15) is 71.5 Å². The minimum Gasteiger partial charge on any atom is -0.361 e. The van der Waals surface area contributed by atoms with Crippen molar-refractivity contribution in [2.75, 3.05) is 37.5 Å². The highest BCUT2D eigenvalue weighted by molar-refractivity contribution is 6.06. The fourth-order valence-corrected chi connectivity index (χ4v) is 8.45. The monoisotopic (exact) mass is 721 g/mol. The number of rotatable bonds is 14. The molecular weight excluding hydrogens is 667 g/mol. The molecule has 0 saturated carbocycles. The third kappa shape index (κ3) is 7.06. The van der Waals surface area contributed by atoms with E-state index < -0.39 is 6.04 Å². The van der Waals surface area contributed by atoms with Crippen LogP contribution in [0.3, 0.4) is 0 Å². The number of aromatic amines is 1. The second-order valence-corrected chi connectivity index (χ2v) is 15.6. The zero-order valence-corrected chi connectivity index (χ0v) is 31.8. The maximum Gasteiger partial charge on any atom is 0.242 e. The smallest absolute Gasteiger partial charge is 0.242 e. The van der Waals surface area contributed by atoms with Crippen molar-refractivity contribution in [2.24, 2.45) is 17.6 Å². The van der Waals surface area contributed by atoms with E-state index in [1.165, 1.54) is 0 Å². The molecule has 5 atom stereocenters. The lowest BCUT2D eigenvalue weighted by Crippen LogP contribution is -2.56. The highest BCUT2D eigenvalue weighted by Crippen LogP contribution is 2.43. The van der Waals surface area contributed by atoms with Gasteiger partial charge in [-0.15, -0.1) is 0 Å². The summed E-state index contributed by atoms with van der Waals surface area (Å²) in [5, 5.41) is 17.9. The number of carbonyl (C=O) groups excluding carboxylic acids is 1. The van der Waals surface area contributed by atoms with Crippen LogP contribution >= 0.6 is 0 Å². The van der Waals surface area contributed by atoms with Gasteiger partial charge in [0.1, 0.15) is 18.0 Å². The van der Waals surface area contributed by atoms with E-state index >= 15 is 0 Å². The lowest BCUT2D eigenvalue weighted by atomic mass is 9.89. The van der Waals surface area contributed by atoms with Crippen LogP contribution < -0.4 is 26.9 Å². The van der Waals surface area contributed by atoms with Crippen molar-refractivity contribution < 1.29 is 14.8 Å². The molecule has 2 aromatic heterocycles. The number of hydrogen-bond donors (Lipinski definition) is 6. The molecule has 1 unspecified atom stereocenters. The summed E-state index contributed by atoms with van der Waals surface area (Å²) in [7, 11) is 3.76. The summed E-state index contributed by atoms with van der Waals surface area (Å²) < 4.78 is 0. The second kappa shape index (κ2) is 15.6. The van der Waals surface area contributed by atoms with Gasteiger partial charge in [-0.3, -0.25) is 9.78 Å². The maximum absolute atomic E-state index is 13.5. The van der Waals surface area contributed by atoms with Crippen molar-refractivity contribution in [3.8, 4) is 11.3 Å². The first kappa shape index (κ1) is 37.0. The molecule has 12 heteroatoms. The number of H-pyrrole nitrogens is 1. The number of anilines is 2. The molecule has 12 nitrogen and oxygen atoms in total. The molecule has 0 bridgehead atoms. The van der Waals surface area contributed by atoms with Gasteiger partial charge in [0, 0.05) is 48.1 Å². The third-order valence-corrected chi connectivity index (χ3v) is 11.5. The molecule has 1 amide bonds. The van der Waals surface area contributed by atoms with Crippen molar-refractivity contribution in [1.82, 2.24) is 30.8 Å². The Morgan fingerprint density at radius 3 is 2.60 bits per heavy atom. The average molecular weight is 722 g/mol. The molecule has 5 aromatic rings. The Kier molecular flexibility index (Phi) is 10.9. The maximum atomic E-state index is 13.5. The van der Waals surface area contributed by atoms with E-state index in [0.29, 0.717) is 19.0 Å². The molecular formula is C41H55N9O3. The van der Waals surface area contributed by atoms with Gasteiger partial charge >= 0.3 is 0 Å². The van der Waals surface area contributed by atoms with Crippen molar-refractivity contribution in [3.05, 3.63) is 60.6 Å². The molecule has 2 aliphatic rings. The number of nitrogens with zero attached hydrogens (tertiary/aromatic N) is 4. The quantitative estimate of drug-likeness (QED) is 0.0700. The first-order chi connectivity index (χ1) is 25.6. The number of fused-ring (bicyclic) bond motifs is 6. The van der Waals surface area contributed by atoms with Crippen molar-refractivity contribution in [3.63, 3.8) is 0 Å². The Balaban J connectivity index is 1.15. The second-order valence-electron chi connectivity index (χ2n) is 15.6. The number of benzene rings is 3. The van der Waals surface area contributed by atoms with Gasteiger partial charge in [-0.25, -0.2) is 4.98 Å². The van der Waals surface area contributed by atoms with Gasteiger partial charge < -0.3 is 35.9 Å². The highest BCUT2D eigenvalue weighted by atomic mass is 16.6. The summed E-state index contributed by atoms with van der Waals surface area (Å²) in [5.41, 5.74) is 17.5. The normalized spacial score (nSPS) is 19.1. The van der Waals surface area contributed by atoms with E-state index in [9.17, 15) is 10.0 Å². The molecule has 7 N–H and O–H groups in total. The predicted octanol–water partition coefficient (Wildman–Crippen LogP) is 6.50. The molecule has 53 heavy (non-hydrogen) atoms. The van der Waals surface area contributed by atoms with E-state index in [1.54, 1.807) is 7.11 Å². The molecule has 3 aromatic carbocycles. The number of nitrogens with two attached hydrogens (primary N) is 1. The number of nitrogens with one attached hydrogen (secondary N) is 4. The predicted molar refractivity (Wildman–Crippen MR) is 213 cm³/mol. The fourth-order valence-electron chi connectivity index (χ4n) is 8.45. The van der Waals surface area contributed by atoms with Gasteiger partial charge in [-0.1, -0.05) is 52.0 Å². The van der Waals surface area contributed by atoms with Gasteiger partial charge in [0.25, 0.3) is 0 Å². The van der Waals surface area contributed by atoms with Crippen LogP contribution in [0.25, 0.3) is 43.8 Å². The van der Waals surface area contributed by atoms with E-state index in [0.717, 1.165) is 93.1 Å². The number of likely N-dealkylation sites (tertiary alicyclic amines) is 1. The minimum atomic E-state index is -0.624. The van der Waals surface area contributed by atoms with E-state index in [4.69, 9.17) is 20.5 Å². The van der Waals surface area contributed by atoms with Crippen LogP contribution in [0.15, 0.2) is 54.7 Å². The van der Waals surface area contributed by atoms with Gasteiger partial charge in [-0.05, 0) is 85.5 Å². The first-order valence-corrected chi connectivity index (χ1v) is 19.2. The van der Waals surface area contributed by atoms with Gasteiger partial charge in [0.05, 0.1) is 41.3 Å². The Hall–Kier alpha value is -4.33. The van der Waals surface area contributed by atoms with Crippen molar-refractivity contribution >= 4 is 49.9 Å². The molecule has 282 valence electrons. The summed E-state index contributed by atoms with van der Waals surface area (Å²) in [4.78, 5) is 36.7. The van der Waals surface area contributed by atoms with Gasteiger partial charge in [-0.2, -0.15) is 11.0 Å². The van der Waals surface area contributed by atoms with Crippen LogP contribution in [0.5, 0.6) is 0 Å². The number of likely N-dealkylation sites (N-methyl/N-ethyl adjacent to an activating group) is 1. The first-order valence-electron chi connectivity index (χ1n) is 19.2. The third-order valence-electron chi connectivity index (χ3n) is 11.5. The topological polar surface area (TPSA) is 157 Å². The van der Waals surface area contributed by atoms with Gasteiger partial charge in [0.2, 0.25) is 5.91 Å². The zero-order chi connectivity index (χ0) is 37.4. The molecule has 7 rings (SSSR count). The number of pyridine rings is 1. The number of imidazole rings is 1. The molecule has 0 radical (unpaired) electrons. The van der Waals surface area contributed by atoms with Gasteiger partial charge in [0.15, 0.2) is 0 Å². The number of aromatic nitrogens is 3. The van der Waals surface area contributed by atoms with Crippen LogP contribution in [-0.2, 0) is 9.63 Å². The van der Waals surface area contributed by atoms with Crippen LogP contribution in [-0.4, -0.2) is 82.5 Å². The van der Waals surface area contributed by atoms with Crippen LogP contribution in [0, 0.1) is 11.8 Å². The number of hydroxylamine groups is 2. The summed E-state index contributed by atoms with van der Waals surface area (Å²) in [6, 6.07) is 16.8. The van der Waals surface area contributed by atoms with E-state index in [1.807, 2.05) is 24.9 Å². The van der Waals surface area contributed by atoms with Crippen molar-refractivity contribution in [2.45, 2.75) is 90.0 Å².